The van der Waals surface area contributed by atoms with E-state index in [-0.39, 0.29) is 23.8 Å². The Hall–Kier alpha value is -3.61. The summed E-state index contributed by atoms with van der Waals surface area (Å²) >= 11 is 0. The molecule has 0 aliphatic rings. The molecular formula is C20H15FN4O2. The van der Waals surface area contributed by atoms with E-state index in [1.165, 1.54) is 28.9 Å². The molecule has 134 valence electrons. The molecule has 0 aliphatic heterocycles. The van der Waals surface area contributed by atoms with Crippen LogP contribution >= 0.6 is 0 Å². The summed E-state index contributed by atoms with van der Waals surface area (Å²) < 4.78 is 19.9. The molecule has 0 spiro atoms. The van der Waals surface area contributed by atoms with Crippen LogP contribution in [0.25, 0.3) is 23.0 Å². The van der Waals surface area contributed by atoms with Gasteiger partial charge in [0, 0.05) is 11.6 Å². The van der Waals surface area contributed by atoms with Crippen molar-refractivity contribution in [2.24, 2.45) is 0 Å². The zero-order valence-electron chi connectivity index (χ0n) is 14.5. The van der Waals surface area contributed by atoms with Crippen LogP contribution in [0, 0.1) is 12.7 Å². The summed E-state index contributed by atoms with van der Waals surface area (Å²) in [6.07, 6.45) is 0. The number of halogens is 1. The van der Waals surface area contributed by atoms with Crippen LogP contribution in [0.3, 0.4) is 0 Å². The molecule has 0 atom stereocenters. The zero-order chi connectivity index (χ0) is 18.8. The Balaban J connectivity index is 1.65. The van der Waals surface area contributed by atoms with Gasteiger partial charge in [-0.05, 0) is 30.7 Å². The molecule has 0 saturated carbocycles. The molecule has 4 rings (SSSR count). The number of aromatic nitrogens is 4. The van der Waals surface area contributed by atoms with Gasteiger partial charge in [0.05, 0.1) is 6.54 Å². The number of hydrogen-bond donors (Lipinski definition) is 0. The van der Waals surface area contributed by atoms with Crippen LogP contribution in [0.2, 0.25) is 0 Å². The first kappa shape index (κ1) is 16.8. The average Bonchev–Trinajstić information content (AvgIpc) is 3.14. The maximum absolute atomic E-state index is 13.4. The van der Waals surface area contributed by atoms with E-state index >= 15 is 0 Å². The van der Waals surface area contributed by atoms with Crippen molar-refractivity contribution in [2.75, 3.05) is 0 Å². The Kier molecular flexibility index (Phi) is 4.33. The van der Waals surface area contributed by atoms with E-state index in [0.29, 0.717) is 17.1 Å². The normalized spacial score (nSPS) is 10.9. The van der Waals surface area contributed by atoms with Gasteiger partial charge in [-0.1, -0.05) is 47.1 Å². The third-order valence-electron chi connectivity index (χ3n) is 4.04. The molecule has 0 unspecified atom stereocenters. The molecule has 2 aromatic heterocycles. The molecule has 2 aromatic carbocycles. The van der Waals surface area contributed by atoms with E-state index in [1.807, 2.05) is 31.2 Å². The molecule has 0 saturated heterocycles. The monoisotopic (exact) mass is 362 g/mol. The molecule has 0 radical (unpaired) electrons. The van der Waals surface area contributed by atoms with Crippen LogP contribution in [0.5, 0.6) is 0 Å². The third kappa shape index (κ3) is 3.67. The van der Waals surface area contributed by atoms with E-state index in [4.69, 9.17) is 4.52 Å². The highest BCUT2D eigenvalue weighted by Crippen LogP contribution is 2.20. The number of benzene rings is 2. The van der Waals surface area contributed by atoms with Gasteiger partial charge >= 0.3 is 0 Å². The first-order valence-corrected chi connectivity index (χ1v) is 8.32. The molecule has 4 aromatic rings. The molecule has 0 aliphatic carbocycles. The van der Waals surface area contributed by atoms with Gasteiger partial charge in [0.15, 0.2) is 0 Å². The second-order valence-electron chi connectivity index (χ2n) is 6.13. The summed E-state index contributed by atoms with van der Waals surface area (Å²) in [4.78, 5) is 16.4. The van der Waals surface area contributed by atoms with Crippen LogP contribution in [0.4, 0.5) is 4.39 Å². The summed E-state index contributed by atoms with van der Waals surface area (Å²) in [7, 11) is 0. The molecular weight excluding hydrogens is 347 g/mol. The van der Waals surface area contributed by atoms with Crippen molar-refractivity contribution in [3.63, 3.8) is 0 Å². The van der Waals surface area contributed by atoms with Crippen LogP contribution in [0.1, 0.15) is 11.1 Å². The van der Waals surface area contributed by atoms with E-state index < -0.39 is 0 Å². The fraction of sp³-hybridized carbons (Fsp3) is 0.100. The molecule has 7 heteroatoms. The predicted octanol–water partition coefficient (Wildman–Crippen LogP) is 3.46. The van der Waals surface area contributed by atoms with Crippen LogP contribution < -0.4 is 5.56 Å². The molecule has 27 heavy (non-hydrogen) atoms. The lowest BCUT2D eigenvalue weighted by atomic mass is 10.1. The van der Waals surface area contributed by atoms with Crippen molar-refractivity contribution >= 4 is 0 Å². The van der Waals surface area contributed by atoms with Crippen molar-refractivity contribution in [3.8, 4) is 23.0 Å². The van der Waals surface area contributed by atoms with Crippen LogP contribution in [-0.2, 0) is 6.54 Å². The highest BCUT2D eigenvalue weighted by Gasteiger charge is 2.13. The first-order valence-electron chi connectivity index (χ1n) is 8.32. The van der Waals surface area contributed by atoms with Crippen molar-refractivity contribution in [1.82, 2.24) is 19.9 Å². The largest absolute Gasteiger partial charge is 0.332 e. The van der Waals surface area contributed by atoms with Crippen molar-refractivity contribution in [1.29, 1.82) is 0 Å². The number of aryl methyl sites for hydroxylation is 1. The molecule has 0 fully saturated rings. The topological polar surface area (TPSA) is 73.8 Å². The summed E-state index contributed by atoms with van der Waals surface area (Å²) in [5.74, 6) is 0.282. The van der Waals surface area contributed by atoms with E-state index in [9.17, 15) is 9.18 Å². The van der Waals surface area contributed by atoms with Gasteiger partial charge in [0.1, 0.15) is 11.5 Å². The van der Waals surface area contributed by atoms with Crippen molar-refractivity contribution in [2.45, 2.75) is 13.5 Å². The quantitative estimate of drug-likeness (QED) is 0.556. The Bertz CT molecular complexity index is 1150. The van der Waals surface area contributed by atoms with E-state index in [1.54, 1.807) is 12.1 Å². The van der Waals surface area contributed by atoms with Gasteiger partial charge in [-0.25, -0.2) is 9.07 Å². The van der Waals surface area contributed by atoms with Gasteiger partial charge in [0.2, 0.25) is 5.82 Å². The van der Waals surface area contributed by atoms with E-state index in [2.05, 4.69) is 15.2 Å². The average molecular weight is 362 g/mol. The van der Waals surface area contributed by atoms with Crippen LogP contribution in [0.15, 0.2) is 70.0 Å². The second kappa shape index (κ2) is 6.95. The summed E-state index contributed by atoms with van der Waals surface area (Å²) in [6, 6.07) is 16.7. The molecule has 0 N–H and O–H groups in total. The maximum atomic E-state index is 13.4. The molecule has 2 heterocycles. The molecule has 0 bridgehead atoms. The Morgan fingerprint density at radius 2 is 1.89 bits per heavy atom. The predicted molar refractivity (Wildman–Crippen MR) is 97.5 cm³/mol. The first-order chi connectivity index (χ1) is 13.1. The fourth-order valence-corrected chi connectivity index (χ4v) is 2.63. The van der Waals surface area contributed by atoms with Gasteiger partial charge < -0.3 is 4.52 Å². The van der Waals surface area contributed by atoms with Crippen molar-refractivity contribution in [3.05, 3.63) is 88.0 Å². The lowest BCUT2D eigenvalue weighted by molar-refractivity contribution is 0.429. The van der Waals surface area contributed by atoms with E-state index in [0.717, 1.165) is 11.1 Å². The lowest BCUT2D eigenvalue weighted by Crippen LogP contribution is -2.22. The molecule has 6 nitrogen and oxygen atoms in total. The number of nitrogens with zero attached hydrogens (tertiary/aromatic N) is 4. The zero-order valence-corrected chi connectivity index (χ0v) is 14.5. The van der Waals surface area contributed by atoms with Crippen molar-refractivity contribution < 1.29 is 8.91 Å². The molecule has 0 amide bonds. The Morgan fingerprint density at radius 1 is 1.07 bits per heavy atom. The van der Waals surface area contributed by atoms with Gasteiger partial charge in [0.25, 0.3) is 11.4 Å². The van der Waals surface area contributed by atoms with Gasteiger partial charge in [-0.2, -0.15) is 10.1 Å². The number of hydrogen-bond acceptors (Lipinski definition) is 5. The highest BCUT2D eigenvalue weighted by molar-refractivity contribution is 5.57. The summed E-state index contributed by atoms with van der Waals surface area (Å²) in [5, 5.41) is 8.25. The Labute approximate surface area is 153 Å². The number of rotatable bonds is 4. The smallest absolute Gasteiger partial charge is 0.278 e. The minimum Gasteiger partial charge on any atom is -0.332 e. The minimum absolute atomic E-state index is 0.142. The van der Waals surface area contributed by atoms with Gasteiger partial charge in [-0.15, -0.1) is 0 Å². The van der Waals surface area contributed by atoms with Gasteiger partial charge in [-0.3, -0.25) is 4.79 Å². The SMILES string of the molecule is Cc1ccc(-c2noc(-c3ccc(=O)n(Cc4cccc(F)c4)n3)n2)cc1. The Morgan fingerprint density at radius 3 is 2.67 bits per heavy atom. The van der Waals surface area contributed by atoms with Crippen LogP contribution in [-0.4, -0.2) is 19.9 Å². The standard InChI is InChI=1S/C20H15FN4O2/c1-13-5-7-15(8-6-13)19-22-20(27-24-19)17-9-10-18(26)25(23-17)12-14-3-2-4-16(21)11-14/h2-11H,12H2,1H3. The maximum Gasteiger partial charge on any atom is 0.278 e. The second-order valence-corrected chi connectivity index (χ2v) is 6.13. The summed E-state index contributed by atoms with van der Waals surface area (Å²) in [6.45, 7) is 2.14. The highest BCUT2D eigenvalue weighted by atomic mass is 19.1. The fourth-order valence-electron chi connectivity index (χ4n) is 2.63. The minimum atomic E-state index is -0.364. The summed E-state index contributed by atoms with van der Waals surface area (Å²) in [5.41, 5.74) is 2.66. The third-order valence-corrected chi connectivity index (χ3v) is 4.04. The lowest BCUT2D eigenvalue weighted by Gasteiger charge is -2.05.